The summed E-state index contributed by atoms with van der Waals surface area (Å²) in [4.78, 5) is 26.7. The summed E-state index contributed by atoms with van der Waals surface area (Å²) in [7, 11) is -3.69. The number of aryl methyl sites for hydroxylation is 1. The first-order valence-corrected chi connectivity index (χ1v) is 13.5. The number of benzene rings is 2. The number of piperidine rings is 1. The number of nitrogens with zero attached hydrogens (tertiary/aromatic N) is 3. The highest BCUT2D eigenvalue weighted by Crippen LogP contribution is 2.32. The molecule has 3 heterocycles. The van der Waals surface area contributed by atoms with Gasteiger partial charge in [0.1, 0.15) is 0 Å². The van der Waals surface area contributed by atoms with Crippen molar-refractivity contribution in [2.45, 2.75) is 37.5 Å². The summed E-state index contributed by atoms with van der Waals surface area (Å²) in [5, 5.41) is 6.66. The largest absolute Gasteiger partial charge is 0.356 e. The van der Waals surface area contributed by atoms with Gasteiger partial charge in [-0.05, 0) is 61.6 Å². The van der Waals surface area contributed by atoms with Crippen LogP contribution in [-0.2, 0) is 26.0 Å². The lowest BCUT2D eigenvalue weighted by atomic mass is 9.97. The van der Waals surface area contributed by atoms with E-state index in [1.54, 1.807) is 41.4 Å². The van der Waals surface area contributed by atoms with Crippen molar-refractivity contribution >= 4 is 33.2 Å². The molecule has 1 N–H and O–H groups in total. The van der Waals surface area contributed by atoms with Crippen molar-refractivity contribution in [1.82, 2.24) is 9.46 Å². The monoisotopic (exact) mass is 508 g/mol. The summed E-state index contributed by atoms with van der Waals surface area (Å²) in [6.45, 7) is 2.71. The second-order valence-corrected chi connectivity index (χ2v) is 11.1. The van der Waals surface area contributed by atoms with Crippen molar-refractivity contribution in [3.8, 4) is 11.3 Å². The molecule has 188 valence electrons. The molecule has 36 heavy (non-hydrogen) atoms. The van der Waals surface area contributed by atoms with Gasteiger partial charge in [0.25, 0.3) is 0 Å². The van der Waals surface area contributed by atoms with E-state index in [9.17, 15) is 18.0 Å². The number of sulfonamides is 1. The van der Waals surface area contributed by atoms with E-state index in [1.165, 1.54) is 11.2 Å². The third-order valence-corrected chi connectivity index (χ3v) is 8.76. The molecule has 0 atom stereocenters. The van der Waals surface area contributed by atoms with E-state index in [4.69, 9.17) is 4.52 Å². The maximum Gasteiger partial charge on any atom is 0.243 e. The Bertz CT molecular complexity index is 1380. The van der Waals surface area contributed by atoms with Crippen LogP contribution in [0.25, 0.3) is 11.3 Å². The summed E-state index contributed by atoms with van der Waals surface area (Å²) in [6, 6.07) is 14.1. The minimum atomic E-state index is -3.69. The number of aromatic nitrogens is 1. The van der Waals surface area contributed by atoms with Gasteiger partial charge in [0, 0.05) is 55.5 Å². The van der Waals surface area contributed by atoms with Crippen molar-refractivity contribution in [3.63, 3.8) is 0 Å². The van der Waals surface area contributed by atoms with Crippen LogP contribution >= 0.6 is 0 Å². The van der Waals surface area contributed by atoms with E-state index in [0.717, 1.165) is 29.7 Å². The number of carbonyl (C=O) groups is 2. The smallest absolute Gasteiger partial charge is 0.243 e. The molecule has 2 amide bonds. The number of rotatable bonds is 5. The predicted octanol–water partition coefficient (Wildman–Crippen LogP) is 3.68. The second kappa shape index (κ2) is 9.87. The van der Waals surface area contributed by atoms with Gasteiger partial charge in [-0.1, -0.05) is 17.3 Å². The molecule has 0 bridgehead atoms. The molecule has 9 nitrogen and oxygen atoms in total. The maximum absolute atomic E-state index is 13.3. The fourth-order valence-electron chi connectivity index (χ4n) is 4.93. The van der Waals surface area contributed by atoms with Gasteiger partial charge >= 0.3 is 0 Å². The third kappa shape index (κ3) is 4.78. The fraction of sp³-hybridized carbons (Fsp3) is 0.346. The van der Waals surface area contributed by atoms with Gasteiger partial charge in [-0.2, -0.15) is 4.31 Å². The van der Waals surface area contributed by atoms with E-state index in [2.05, 4.69) is 10.5 Å². The summed E-state index contributed by atoms with van der Waals surface area (Å²) >= 11 is 0. The molecular formula is C26H28N4O5S. The van der Waals surface area contributed by atoms with Gasteiger partial charge in [-0.15, -0.1) is 0 Å². The Morgan fingerprint density at radius 1 is 1.06 bits per heavy atom. The quantitative estimate of drug-likeness (QED) is 0.563. The Kier molecular flexibility index (Phi) is 6.63. The average Bonchev–Trinajstić information content (AvgIpc) is 3.43. The predicted molar refractivity (Wildman–Crippen MR) is 135 cm³/mol. The van der Waals surface area contributed by atoms with Crippen molar-refractivity contribution < 1.29 is 22.5 Å². The highest BCUT2D eigenvalue weighted by Gasteiger charge is 2.33. The lowest BCUT2D eigenvalue weighted by molar-refractivity contribution is -0.121. The highest BCUT2D eigenvalue weighted by molar-refractivity contribution is 7.89. The molecule has 0 spiro atoms. The lowest BCUT2D eigenvalue weighted by Crippen LogP contribution is -2.41. The van der Waals surface area contributed by atoms with Crippen LogP contribution < -0.4 is 10.2 Å². The zero-order valence-electron chi connectivity index (χ0n) is 20.0. The van der Waals surface area contributed by atoms with Gasteiger partial charge in [0.05, 0.1) is 11.1 Å². The zero-order chi connectivity index (χ0) is 25.3. The van der Waals surface area contributed by atoms with Crippen molar-refractivity contribution in [2.24, 2.45) is 5.92 Å². The first-order valence-electron chi connectivity index (χ1n) is 12.1. The number of amides is 2. The summed E-state index contributed by atoms with van der Waals surface area (Å²) in [6.07, 6.45) is 3.99. The van der Waals surface area contributed by atoms with Crippen molar-refractivity contribution in [2.75, 3.05) is 29.9 Å². The average molecular weight is 509 g/mol. The third-order valence-electron chi connectivity index (χ3n) is 6.86. The molecule has 0 saturated carbocycles. The molecule has 10 heteroatoms. The molecule has 2 aliphatic heterocycles. The minimum Gasteiger partial charge on any atom is -0.356 e. The zero-order valence-corrected chi connectivity index (χ0v) is 20.8. The van der Waals surface area contributed by atoms with E-state index in [-0.39, 0.29) is 35.7 Å². The van der Waals surface area contributed by atoms with E-state index >= 15 is 0 Å². The van der Waals surface area contributed by atoms with Crippen LogP contribution in [0.2, 0.25) is 0 Å². The van der Waals surface area contributed by atoms with E-state index in [1.807, 2.05) is 18.2 Å². The van der Waals surface area contributed by atoms with Gasteiger partial charge < -0.3 is 14.7 Å². The lowest BCUT2D eigenvalue weighted by Gasteiger charge is -2.32. The van der Waals surface area contributed by atoms with Gasteiger partial charge in [0.15, 0.2) is 5.76 Å². The maximum atomic E-state index is 13.3. The van der Waals surface area contributed by atoms with Crippen LogP contribution in [-0.4, -0.2) is 49.3 Å². The molecule has 2 aromatic carbocycles. The standard InChI is InChI=1S/C26H28N4O5S/c1-18(31)30-13-3-5-20-17-23(7-8-24(20)30)36(33,34)29-14-10-19(11-15-29)26(32)28-22-6-2-4-21(16-22)25-9-12-27-35-25/h2,4,6-9,12,16-17,19H,3,5,10-11,13-15H2,1H3,(H,28,32). The van der Waals surface area contributed by atoms with E-state index in [0.29, 0.717) is 30.8 Å². The minimum absolute atomic E-state index is 0.0448. The topological polar surface area (TPSA) is 113 Å². The second-order valence-electron chi connectivity index (χ2n) is 9.19. The Hall–Kier alpha value is -3.50. The molecule has 1 saturated heterocycles. The number of nitrogens with one attached hydrogen (secondary N) is 1. The first-order chi connectivity index (χ1) is 17.3. The SMILES string of the molecule is CC(=O)N1CCCc2cc(S(=O)(=O)N3CCC(C(=O)Nc4cccc(-c5ccno5)c4)CC3)ccc21. The van der Waals surface area contributed by atoms with Crippen molar-refractivity contribution in [3.05, 3.63) is 60.3 Å². The Morgan fingerprint density at radius 2 is 1.86 bits per heavy atom. The molecule has 2 aliphatic rings. The van der Waals surface area contributed by atoms with E-state index < -0.39 is 10.0 Å². The van der Waals surface area contributed by atoms with Gasteiger partial charge in [-0.25, -0.2) is 8.42 Å². The Balaban J connectivity index is 1.23. The van der Waals surface area contributed by atoms with Crippen LogP contribution in [0.15, 0.2) is 64.1 Å². The van der Waals surface area contributed by atoms with Crippen LogP contribution in [0.4, 0.5) is 11.4 Å². The van der Waals surface area contributed by atoms with Gasteiger partial charge in [-0.3, -0.25) is 9.59 Å². The molecule has 3 aromatic rings. The summed E-state index contributed by atoms with van der Waals surface area (Å²) in [5.41, 5.74) is 3.12. The van der Waals surface area contributed by atoms with Gasteiger partial charge in [0.2, 0.25) is 21.8 Å². The normalized spacial score (nSPS) is 17.0. The molecule has 1 fully saturated rings. The highest BCUT2D eigenvalue weighted by atomic mass is 32.2. The number of hydrogen-bond donors (Lipinski definition) is 1. The van der Waals surface area contributed by atoms with Crippen LogP contribution in [0.1, 0.15) is 31.7 Å². The van der Waals surface area contributed by atoms with Crippen LogP contribution in [0.5, 0.6) is 0 Å². The number of fused-ring (bicyclic) bond motifs is 1. The molecular weight excluding hydrogens is 480 g/mol. The fourth-order valence-corrected chi connectivity index (χ4v) is 6.45. The van der Waals surface area contributed by atoms with Crippen molar-refractivity contribution in [1.29, 1.82) is 0 Å². The number of anilines is 2. The molecule has 0 unspecified atom stereocenters. The molecule has 5 rings (SSSR count). The van der Waals surface area contributed by atoms with Crippen LogP contribution in [0, 0.1) is 5.92 Å². The molecule has 0 aliphatic carbocycles. The van der Waals surface area contributed by atoms with Crippen LogP contribution in [0.3, 0.4) is 0 Å². The number of carbonyl (C=O) groups excluding carboxylic acids is 2. The first kappa shape index (κ1) is 24.2. The Labute approximate surface area is 210 Å². The molecule has 1 aromatic heterocycles. The summed E-state index contributed by atoms with van der Waals surface area (Å²) < 4.78 is 33.3. The molecule has 0 radical (unpaired) electrons. The Morgan fingerprint density at radius 3 is 2.58 bits per heavy atom. The number of hydrogen-bond acceptors (Lipinski definition) is 6. The summed E-state index contributed by atoms with van der Waals surface area (Å²) in [5.74, 6) is 0.162.